The second-order valence-electron chi connectivity index (χ2n) is 3.01. The topological polar surface area (TPSA) is 98.9 Å². The van der Waals surface area contributed by atoms with Crippen molar-refractivity contribution in [2.24, 2.45) is 0 Å². The van der Waals surface area contributed by atoms with E-state index in [0.29, 0.717) is 0 Å². The zero-order chi connectivity index (χ0) is 13.9. The summed E-state index contributed by atoms with van der Waals surface area (Å²) in [6, 6.07) is 2.82. The number of methoxy groups -OCH3 is 1. The van der Waals surface area contributed by atoms with E-state index in [9.17, 15) is 23.7 Å². The molecule has 0 atom stereocenters. The number of carboxylic acids is 1. The van der Waals surface area contributed by atoms with Crippen LogP contribution in [0.5, 0.6) is 11.5 Å². The normalized spacial score (nSPS) is 10.8. The van der Waals surface area contributed by atoms with Crippen molar-refractivity contribution in [2.75, 3.05) is 7.11 Å². The molecule has 0 unspecified atom stereocenters. The maximum absolute atomic E-state index is 12.8. The highest BCUT2D eigenvalue weighted by Gasteiger charge is 2.44. The monoisotopic (exact) mass is 263 g/mol. The first-order chi connectivity index (χ1) is 8.27. The fourth-order valence-electron chi connectivity index (χ4n) is 1.04. The molecule has 0 heterocycles. The van der Waals surface area contributed by atoms with Gasteiger partial charge in [0, 0.05) is 12.1 Å². The quantitative estimate of drug-likeness (QED) is 0.640. The summed E-state index contributed by atoms with van der Waals surface area (Å²) in [6.45, 7) is 0. The van der Waals surface area contributed by atoms with E-state index in [4.69, 9.17) is 5.11 Å². The largest absolute Gasteiger partial charge is 0.502 e. The fraction of sp³-hybridized carbons (Fsp3) is 0.222. The van der Waals surface area contributed by atoms with Crippen LogP contribution in [-0.4, -0.2) is 29.2 Å². The molecule has 1 N–H and O–H groups in total. The number of hydrogen-bond donors (Lipinski definition) is 1. The van der Waals surface area contributed by atoms with E-state index in [2.05, 4.69) is 9.47 Å². The summed E-state index contributed by atoms with van der Waals surface area (Å²) < 4.78 is 34.2. The van der Waals surface area contributed by atoms with Gasteiger partial charge in [-0.3, -0.25) is 10.1 Å². The Labute approximate surface area is 98.7 Å². The second-order valence-corrected chi connectivity index (χ2v) is 3.01. The first kappa shape index (κ1) is 13.6. The van der Waals surface area contributed by atoms with Crippen LogP contribution < -0.4 is 9.47 Å². The zero-order valence-corrected chi connectivity index (χ0v) is 8.92. The average Bonchev–Trinajstić information content (AvgIpc) is 2.27. The van der Waals surface area contributed by atoms with Gasteiger partial charge in [0.05, 0.1) is 12.0 Å². The maximum atomic E-state index is 12.8. The number of nitro groups is 1. The van der Waals surface area contributed by atoms with Crippen molar-refractivity contribution in [3.05, 3.63) is 28.3 Å². The van der Waals surface area contributed by atoms with Crippen molar-refractivity contribution in [1.29, 1.82) is 0 Å². The molecule has 0 aliphatic heterocycles. The molecule has 1 rings (SSSR count). The number of hydrogen-bond acceptors (Lipinski definition) is 5. The van der Waals surface area contributed by atoms with E-state index in [1.54, 1.807) is 0 Å². The van der Waals surface area contributed by atoms with Crippen molar-refractivity contribution < 1.29 is 33.1 Å². The van der Waals surface area contributed by atoms with E-state index < -0.39 is 28.4 Å². The number of halogens is 2. The summed E-state index contributed by atoms with van der Waals surface area (Å²) >= 11 is 0. The van der Waals surface area contributed by atoms with Crippen molar-refractivity contribution in [1.82, 2.24) is 0 Å². The molecule has 18 heavy (non-hydrogen) atoms. The van der Waals surface area contributed by atoms with Gasteiger partial charge in [-0.15, -0.1) is 0 Å². The number of carboxylic acid groups (broad SMARTS) is 1. The minimum atomic E-state index is -4.57. The van der Waals surface area contributed by atoms with Gasteiger partial charge in [0.2, 0.25) is 5.75 Å². The van der Waals surface area contributed by atoms with Crippen LogP contribution in [0.2, 0.25) is 0 Å². The lowest BCUT2D eigenvalue weighted by atomic mass is 10.3. The van der Waals surface area contributed by atoms with E-state index in [-0.39, 0.29) is 5.75 Å². The molecule has 0 aliphatic carbocycles. The van der Waals surface area contributed by atoms with Gasteiger partial charge in [0.1, 0.15) is 5.75 Å². The van der Waals surface area contributed by atoms with Gasteiger partial charge in [-0.2, -0.15) is 8.78 Å². The number of aliphatic carboxylic acids is 1. The van der Waals surface area contributed by atoms with Crippen LogP contribution in [0.1, 0.15) is 0 Å². The van der Waals surface area contributed by atoms with E-state index >= 15 is 0 Å². The third-order valence-electron chi connectivity index (χ3n) is 1.85. The Hall–Kier alpha value is -2.45. The number of benzene rings is 1. The predicted molar refractivity (Wildman–Crippen MR) is 52.9 cm³/mol. The number of carbonyl (C=O) groups is 1. The van der Waals surface area contributed by atoms with Crippen LogP contribution in [0, 0.1) is 10.1 Å². The predicted octanol–water partition coefficient (Wildman–Crippen LogP) is 1.66. The van der Waals surface area contributed by atoms with E-state index in [0.717, 1.165) is 18.2 Å². The van der Waals surface area contributed by atoms with Crippen LogP contribution in [-0.2, 0) is 4.79 Å². The summed E-state index contributed by atoms with van der Waals surface area (Å²) in [5.41, 5.74) is -0.795. The molecular weight excluding hydrogens is 256 g/mol. The second kappa shape index (κ2) is 4.82. The molecule has 7 nitrogen and oxygen atoms in total. The number of ether oxygens (including phenoxy) is 2. The van der Waals surface area contributed by atoms with Crippen molar-refractivity contribution in [3.63, 3.8) is 0 Å². The van der Waals surface area contributed by atoms with E-state index in [1.807, 2.05) is 0 Å². The lowest BCUT2D eigenvalue weighted by molar-refractivity contribution is -0.387. The van der Waals surface area contributed by atoms with Gasteiger partial charge in [0.15, 0.2) is 0 Å². The lowest BCUT2D eigenvalue weighted by Crippen LogP contribution is -2.35. The van der Waals surface area contributed by atoms with Crippen molar-refractivity contribution in [3.8, 4) is 11.5 Å². The molecule has 0 radical (unpaired) electrons. The highest BCUT2D eigenvalue weighted by Crippen LogP contribution is 2.34. The van der Waals surface area contributed by atoms with Gasteiger partial charge in [-0.1, -0.05) is 0 Å². The molecule has 0 saturated carbocycles. The van der Waals surface area contributed by atoms with Gasteiger partial charge in [0.25, 0.3) is 0 Å². The fourth-order valence-corrected chi connectivity index (χ4v) is 1.04. The third kappa shape index (κ3) is 2.81. The molecule has 98 valence electrons. The average molecular weight is 263 g/mol. The summed E-state index contributed by atoms with van der Waals surface area (Å²) in [6.07, 6.45) is -4.57. The molecular formula is C9H7F2NO6. The Morgan fingerprint density at radius 1 is 1.50 bits per heavy atom. The summed E-state index contributed by atoms with van der Waals surface area (Å²) in [7, 11) is 1.21. The minimum absolute atomic E-state index is 0.0109. The van der Waals surface area contributed by atoms with Gasteiger partial charge in [-0.25, -0.2) is 4.79 Å². The molecule has 9 heteroatoms. The number of nitro benzene ring substituents is 1. The molecule has 0 aliphatic rings. The maximum Gasteiger partial charge on any atom is 0.502 e. The highest BCUT2D eigenvalue weighted by molar-refractivity contribution is 5.74. The standard InChI is InChI=1S/C9H7F2NO6/c1-17-5-2-3-6(12(15)16)7(4-5)18-9(10,11)8(13)14/h2-4H,1H3,(H,13,14). The SMILES string of the molecule is COc1ccc([N+](=O)[O-])c(OC(F)(F)C(=O)O)c1. The van der Waals surface area contributed by atoms with Crippen LogP contribution in [0.15, 0.2) is 18.2 Å². The Balaban J connectivity index is 3.20. The Morgan fingerprint density at radius 2 is 2.11 bits per heavy atom. The highest BCUT2D eigenvalue weighted by atomic mass is 19.3. The zero-order valence-electron chi connectivity index (χ0n) is 8.92. The molecule has 0 fully saturated rings. The molecule has 0 aromatic heterocycles. The van der Waals surface area contributed by atoms with Gasteiger partial charge >= 0.3 is 17.8 Å². The minimum Gasteiger partial charge on any atom is -0.497 e. The third-order valence-corrected chi connectivity index (χ3v) is 1.85. The summed E-state index contributed by atoms with van der Waals surface area (Å²) in [4.78, 5) is 19.8. The van der Waals surface area contributed by atoms with Crippen LogP contribution in [0.4, 0.5) is 14.5 Å². The first-order valence-corrected chi connectivity index (χ1v) is 4.40. The molecule has 0 amide bonds. The first-order valence-electron chi connectivity index (χ1n) is 4.40. The smallest absolute Gasteiger partial charge is 0.497 e. The number of alkyl halides is 2. The van der Waals surface area contributed by atoms with Crippen LogP contribution in [0.25, 0.3) is 0 Å². The number of nitrogens with zero attached hydrogens (tertiary/aromatic N) is 1. The Morgan fingerprint density at radius 3 is 2.56 bits per heavy atom. The molecule has 0 saturated heterocycles. The van der Waals surface area contributed by atoms with Gasteiger partial charge in [-0.05, 0) is 6.07 Å². The Kier molecular flexibility index (Phi) is 3.64. The summed E-state index contributed by atoms with van der Waals surface area (Å²) in [5.74, 6) is -3.44. The van der Waals surface area contributed by atoms with Crippen molar-refractivity contribution in [2.45, 2.75) is 6.11 Å². The number of rotatable bonds is 5. The Bertz CT molecular complexity index is 490. The van der Waals surface area contributed by atoms with E-state index in [1.165, 1.54) is 7.11 Å². The lowest BCUT2D eigenvalue weighted by Gasteiger charge is -2.13. The molecule has 1 aromatic carbocycles. The summed E-state index contributed by atoms with van der Waals surface area (Å²) in [5, 5.41) is 18.8. The van der Waals surface area contributed by atoms with Crippen LogP contribution >= 0.6 is 0 Å². The van der Waals surface area contributed by atoms with Crippen molar-refractivity contribution >= 4 is 11.7 Å². The molecule has 0 bridgehead atoms. The van der Waals surface area contributed by atoms with Gasteiger partial charge < -0.3 is 14.6 Å². The van der Waals surface area contributed by atoms with Crippen LogP contribution in [0.3, 0.4) is 0 Å². The molecule has 0 spiro atoms. The molecule has 1 aromatic rings.